The molecule has 0 bridgehead atoms. The maximum atomic E-state index is 12.9. The van der Waals surface area contributed by atoms with E-state index in [0.29, 0.717) is 11.3 Å². The number of benzene rings is 2. The van der Waals surface area contributed by atoms with Crippen LogP contribution in [0.15, 0.2) is 63.1 Å². The molecule has 9 nitrogen and oxygen atoms in total. The number of fused-ring (bicyclic) bond motifs is 1. The SMILES string of the molecule is COc1ccc(-c2nc(SCC(=O)Nc3ccc(C(F)(F)F)cc3)c3c(=O)n(C)c(=O)n(C)c3n2)cc1. The molecular weight excluding hydrogens is 511 g/mol. The molecule has 0 aliphatic heterocycles. The predicted octanol–water partition coefficient (Wildman–Crippen LogP) is 3.45. The molecule has 4 aromatic rings. The summed E-state index contributed by atoms with van der Waals surface area (Å²) in [5.41, 5.74) is -1.16. The molecule has 0 spiro atoms. The highest BCUT2D eigenvalue weighted by Gasteiger charge is 2.30. The van der Waals surface area contributed by atoms with Gasteiger partial charge in [-0.1, -0.05) is 11.8 Å². The van der Waals surface area contributed by atoms with Crippen molar-refractivity contribution in [1.29, 1.82) is 0 Å². The average molecular weight is 532 g/mol. The third-order valence-electron chi connectivity index (χ3n) is 5.45. The minimum atomic E-state index is -4.49. The summed E-state index contributed by atoms with van der Waals surface area (Å²) < 4.78 is 45.6. The molecular formula is C24H20F3N5O4S. The zero-order valence-corrected chi connectivity index (χ0v) is 20.6. The van der Waals surface area contributed by atoms with E-state index >= 15 is 0 Å². The van der Waals surface area contributed by atoms with Crippen molar-refractivity contribution in [3.05, 3.63) is 74.9 Å². The molecule has 0 aliphatic rings. The first-order valence-corrected chi connectivity index (χ1v) is 11.7. The van der Waals surface area contributed by atoms with Crippen molar-refractivity contribution < 1.29 is 22.7 Å². The number of halogens is 3. The van der Waals surface area contributed by atoms with E-state index in [1.807, 2.05) is 0 Å². The molecule has 1 amide bonds. The number of hydrogen-bond acceptors (Lipinski definition) is 7. The molecule has 192 valence electrons. The first-order valence-electron chi connectivity index (χ1n) is 10.7. The van der Waals surface area contributed by atoms with E-state index in [1.165, 1.54) is 25.8 Å². The fourth-order valence-corrected chi connectivity index (χ4v) is 4.29. The number of carbonyl (C=O) groups excluding carboxylic acids is 1. The van der Waals surface area contributed by atoms with E-state index in [2.05, 4.69) is 15.3 Å². The van der Waals surface area contributed by atoms with Crippen LogP contribution in [0.4, 0.5) is 18.9 Å². The maximum absolute atomic E-state index is 12.9. The van der Waals surface area contributed by atoms with E-state index in [9.17, 15) is 27.6 Å². The minimum absolute atomic E-state index is 0.0641. The van der Waals surface area contributed by atoms with Gasteiger partial charge in [0.05, 0.1) is 18.4 Å². The van der Waals surface area contributed by atoms with E-state index in [1.54, 1.807) is 24.3 Å². The molecule has 2 heterocycles. The zero-order valence-electron chi connectivity index (χ0n) is 19.8. The quantitative estimate of drug-likeness (QED) is 0.300. The normalized spacial score (nSPS) is 11.5. The summed E-state index contributed by atoms with van der Waals surface area (Å²) in [6.07, 6.45) is -4.49. The zero-order chi connectivity index (χ0) is 26.9. The van der Waals surface area contributed by atoms with Gasteiger partial charge in [-0.05, 0) is 48.5 Å². The first kappa shape index (κ1) is 25.9. The van der Waals surface area contributed by atoms with Crippen LogP contribution in [-0.4, -0.2) is 37.9 Å². The van der Waals surface area contributed by atoms with Crippen molar-refractivity contribution >= 4 is 34.4 Å². The van der Waals surface area contributed by atoms with Crippen LogP contribution in [0, 0.1) is 0 Å². The Labute approximate surface area is 211 Å². The number of thioether (sulfide) groups is 1. The Balaban J connectivity index is 1.68. The van der Waals surface area contributed by atoms with Crippen molar-refractivity contribution in [3.8, 4) is 17.1 Å². The average Bonchev–Trinajstić information content (AvgIpc) is 2.88. The number of ether oxygens (including phenoxy) is 1. The van der Waals surface area contributed by atoms with Crippen LogP contribution in [-0.2, 0) is 25.1 Å². The molecule has 2 aromatic heterocycles. The van der Waals surface area contributed by atoms with Gasteiger partial charge in [-0.15, -0.1) is 0 Å². The molecule has 2 aromatic carbocycles. The largest absolute Gasteiger partial charge is 0.497 e. The van der Waals surface area contributed by atoms with Crippen LogP contribution in [0.2, 0.25) is 0 Å². The summed E-state index contributed by atoms with van der Waals surface area (Å²) in [6, 6.07) is 10.9. The van der Waals surface area contributed by atoms with Gasteiger partial charge >= 0.3 is 11.9 Å². The lowest BCUT2D eigenvalue weighted by molar-refractivity contribution is -0.137. The summed E-state index contributed by atoms with van der Waals surface area (Å²) in [7, 11) is 4.32. The summed E-state index contributed by atoms with van der Waals surface area (Å²) in [5.74, 6) is 0.106. The Morgan fingerprint density at radius 2 is 1.65 bits per heavy atom. The third-order valence-corrected chi connectivity index (χ3v) is 6.43. The standard InChI is InChI=1S/C24H20F3N5O4S/c1-31-20-18(22(34)32(2)23(31)35)21(30-19(29-20)13-4-10-16(36-3)11-5-13)37-12-17(33)28-15-8-6-14(7-9-15)24(25,26)27/h4-11H,12H2,1-3H3,(H,28,33). The molecule has 4 rings (SSSR count). The first-order chi connectivity index (χ1) is 17.5. The Hall–Kier alpha value is -4.13. The second-order valence-electron chi connectivity index (χ2n) is 7.90. The fraction of sp³-hybridized carbons (Fsp3) is 0.208. The topological polar surface area (TPSA) is 108 Å². The number of hydrogen-bond donors (Lipinski definition) is 1. The van der Waals surface area contributed by atoms with E-state index < -0.39 is 28.9 Å². The highest BCUT2D eigenvalue weighted by Crippen LogP contribution is 2.30. The molecule has 0 fully saturated rings. The van der Waals surface area contributed by atoms with Gasteiger partial charge in [-0.2, -0.15) is 13.2 Å². The van der Waals surface area contributed by atoms with Gasteiger partial charge in [0.1, 0.15) is 16.2 Å². The lowest BCUT2D eigenvalue weighted by Crippen LogP contribution is -2.37. The van der Waals surface area contributed by atoms with Crippen molar-refractivity contribution in [2.45, 2.75) is 11.2 Å². The van der Waals surface area contributed by atoms with E-state index in [4.69, 9.17) is 4.74 Å². The number of aromatic nitrogens is 4. The number of rotatable bonds is 6. The molecule has 0 saturated carbocycles. The second kappa shape index (κ2) is 10.1. The maximum Gasteiger partial charge on any atom is 0.416 e. The number of alkyl halides is 3. The minimum Gasteiger partial charge on any atom is -0.497 e. The number of aryl methyl sites for hydroxylation is 1. The summed E-state index contributed by atoms with van der Waals surface area (Å²) in [5, 5.41) is 2.76. The van der Waals surface area contributed by atoms with E-state index in [0.717, 1.165) is 40.6 Å². The number of amides is 1. The van der Waals surface area contributed by atoms with Gasteiger partial charge in [-0.3, -0.25) is 18.7 Å². The Morgan fingerprint density at radius 1 is 1.00 bits per heavy atom. The number of anilines is 1. The van der Waals surface area contributed by atoms with Gasteiger partial charge in [0.15, 0.2) is 11.5 Å². The molecule has 37 heavy (non-hydrogen) atoms. The molecule has 0 atom stereocenters. The smallest absolute Gasteiger partial charge is 0.416 e. The van der Waals surface area contributed by atoms with Crippen LogP contribution in [0.3, 0.4) is 0 Å². The second-order valence-corrected chi connectivity index (χ2v) is 8.86. The third kappa shape index (κ3) is 5.35. The van der Waals surface area contributed by atoms with Gasteiger partial charge in [0.2, 0.25) is 5.91 Å². The summed E-state index contributed by atoms with van der Waals surface area (Å²) in [6.45, 7) is 0. The van der Waals surface area contributed by atoms with Crippen LogP contribution < -0.4 is 21.3 Å². The van der Waals surface area contributed by atoms with Gasteiger partial charge in [-0.25, -0.2) is 14.8 Å². The Bertz CT molecular complexity index is 1600. The summed E-state index contributed by atoms with van der Waals surface area (Å²) >= 11 is 0.942. The predicted molar refractivity (Wildman–Crippen MR) is 133 cm³/mol. The Kier molecular flexibility index (Phi) is 7.07. The Morgan fingerprint density at radius 3 is 2.24 bits per heavy atom. The van der Waals surface area contributed by atoms with Crippen LogP contribution in [0.5, 0.6) is 5.75 Å². The molecule has 0 saturated heterocycles. The number of methoxy groups -OCH3 is 1. The van der Waals surface area contributed by atoms with Crippen LogP contribution in [0.1, 0.15) is 5.56 Å². The lowest BCUT2D eigenvalue weighted by Gasteiger charge is -2.12. The van der Waals surface area contributed by atoms with Crippen molar-refractivity contribution in [3.63, 3.8) is 0 Å². The molecule has 0 radical (unpaired) electrons. The van der Waals surface area contributed by atoms with Gasteiger partial charge in [0, 0.05) is 25.3 Å². The van der Waals surface area contributed by atoms with Crippen molar-refractivity contribution in [2.75, 3.05) is 18.2 Å². The van der Waals surface area contributed by atoms with Crippen molar-refractivity contribution in [2.24, 2.45) is 14.1 Å². The van der Waals surface area contributed by atoms with Gasteiger partial charge < -0.3 is 10.1 Å². The lowest BCUT2D eigenvalue weighted by atomic mass is 10.2. The van der Waals surface area contributed by atoms with Crippen LogP contribution in [0.25, 0.3) is 22.4 Å². The van der Waals surface area contributed by atoms with Crippen molar-refractivity contribution in [1.82, 2.24) is 19.1 Å². The fourth-order valence-electron chi connectivity index (χ4n) is 3.48. The number of nitrogens with zero attached hydrogens (tertiary/aromatic N) is 4. The molecule has 0 unspecified atom stereocenters. The summed E-state index contributed by atoms with van der Waals surface area (Å²) in [4.78, 5) is 46.9. The monoisotopic (exact) mass is 531 g/mol. The number of carbonyl (C=O) groups is 1. The molecule has 13 heteroatoms. The number of nitrogens with one attached hydrogen (secondary N) is 1. The highest BCUT2D eigenvalue weighted by molar-refractivity contribution is 8.00. The van der Waals surface area contributed by atoms with Crippen LogP contribution >= 0.6 is 11.8 Å². The molecule has 1 N–H and O–H groups in total. The van der Waals surface area contributed by atoms with E-state index in [-0.39, 0.29) is 33.3 Å². The van der Waals surface area contributed by atoms with Gasteiger partial charge in [0.25, 0.3) is 5.56 Å². The highest BCUT2D eigenvalue weighted by atomic mass is 32.2. The molecule has 0 aliphatic carbocycles.